The Kier molecular flexibility index (Phi) is 2.92. The highest BCUT2D eigenvalue weighted by Crippen LogP contribution is 2.28. The van der Waals surface area contributed by atoms with E-state index in [0.717, 1.165) is 12.1 Å². The van der Waals surface area contributed by atoms with Gasteiger partial charge in [-0.3, -0.25) is 0 Å². The lowest BCUT2D eigenvalue weighted by atomic mass is 10.1. The van der Waals surface area contributed by atoms with Crippen molar-refractivity contribution >= 4 is 10.8 Å². The largest absolute Gasteiger partial charge is 0.432 e. The van der Waals surface area contributed by atoms with E-state index < -0.39 is 24.0 Å². The molecule has 0 aromatic heterocycles. The Balaban J connectivity index is 2.63. The van der Waals surface area contributed by atoms with Gasteiger partial charge in [0.25, 0.3) is 0 Å². The standard InChI is InChI=1S/C12H8F4O/c1-6-2-7-4-10(14)11(17-12(15)16)5-8(7)9(13)3-6/h2-5,12H,1H3. The topological polar surface area (TPSA) is 9.23 Å². The van der Waals surface area contributed by atoms with E-state index >= 15 is 0 Å². The summed E-state index contributed by atoms with van der Waals surface area (Å²) in [6, 6.07) is 4.72. The van der Waals surface area contributed by atoms with Crippen LogP contribution in [0.25, 0.3) is 10.8 Å². The van der Waals surface area contributed by atoms with Crippen LogP contribution in [0.1, 0.15) is 5.56 Å². The highest BCUT2D eigenvalue weighted by atomic mass is 19.3. The molecule has 0 atom stereocenters. The van der Waals surface area contributed by atoms with Gasteiger partial charge in [0.05, 0.1) is 0 Å². The molecule has 90 valence electrons. The first-order valence-electron chi connectivity index (χ1n) is 4.81. The molecular formula is C12H8F4O. The van der Waals surface area contributed by atoms with Gasteiger partial charge >= 0.3 is 6.61 Å². The minimum atomic E-state index is -3.14. The van der Waals surface area contributed by atoms with E-state index in [1.54, 1.807) is 13.0 Å². The van der Waals surface area contributed by atoms with Crippen molar-refractivity contribution in [2.24, 2.45) is 0 Å². The van der Waals surface area contributed by atoms with Crippen LogP contribution >= 0.6 is 0 Å². The molecule has 0 aliphatic carbocycles. The zero-order valence-corrected chi connectivity index (χ0v) is 8.81. The lowest BCUT2D eigenvalue weighted by molar-refractivity contribution is -0.0520. The fraction of sp³-hybridized carbons (Fsp3) is 0.167. The molecule has 2 aromatic carbocycles. The summed E-state index contributed by atoms with van der Waals surface area (Å²) in [5.74, 6) is -2.20. The quantitative estimate of drug-likeness (QED) is 0.725. The van der Waals surface area contributed by atoms with Crippen molar-refractivity contribution in [2.45, 2.75) is 13.5 Å². The Bertz CT molecular complexity index is 566. The molecule has 0 N–H and O–H groups in total. The van der Waals surface area contributed by atoms with Crippen molar-refractivity contribution in [3.63, 3.8) is 0 Å². The van der Waals surface area contributed by atoms with Crippen LogP contribution in [0.2, 0.25) is 0 Å². The van der Waals surface area contributed by atoms with Gasteiger partial charge < -0.3 is 4.74 Å². The summed E-state index contributed by atoms with van der Waals surface area (Å²) in [5, 5.41) is 0.356. The van der Waals surface area contributed by atoms with E-state index in [0.29, 0.717) is 10.9 Å². The molecule has 0 saturated carbocycles. The summed E-state index contributed by atoms with van der Waals surface area (Å²) in [6.07, 6.45) is 0. The summed E-state index contributed by atoms with van der Waals surface area (Å²) < 4.78 is 54.8. The second-order valence-corrected chi connectivity index (χ2v) is 3.63. The average Bonchev–Trinajstić information content (AvgIpc) is 2.19. The fourth-order valence-electron chi connectivity index (χ4n) is 1.65. The van der Waals surface area contributed by atoms with Gasteiger partial charge in [0, 0.05) is 5.39 Å². The van der Waals surface area contributed by atoms with Crippen molar-refractivity contribution in [3.05, 3.63) is 41.5 Å². The van der Waals surface area contributed by atoms with Crippen LogP contribution < -0.4 is 4.74 Å². The number of hydrogen-bond donors (Lipinski definition) is 0. The van der Waals surface area contributed by atoms with E-state index in [9.17, 15) is 17.6 Å². The number of benzene rings is 2. The molecule has 17 heavy (non-hydrogen) atoms. The highest BCUT2D eigenvalue weighted by Gasteiger charge is 2.13. The van der Waals surface area contributed by atoms with Gasteiger partial charge in [-0.25, -0.2) is 8.78 Å². The number of fused-ring (bicyclic) bond motifs is 1. The van der Waals surface area contributed by atoms with Crippen molar-refractivity contribution in [1.82, 2.24) is 0 Å². The van der Waals surface area contributed by atoms with E-state index in [2.05, 4.69) is 4.74 Å². The maximum atomic E-state index is 13.5. The third-order valence-corrected chi connectivity index (χ3v) is 2.31. The van der Waals surface area contributed by atoms with Crippen LogP contribution in [0.4, 0.5) is 17.6 Å². The van der Waals surface area contributed by atoms with Crippen LogP contribution in [0.15, 0.2) is 24.3 Å². The van der Waals surface area contributed by atoms with Crippen molar-refractivity contribution in [1.29, 1.82) is 0 Å². The first-order valence-corrected chi connectivity index (χ1v) is 4.81. The first kappa shape index (κ1) is 11.7. The molecule has 0 saturated heterocycles. The van der Waals surface area contributed by atoms with Gasteiger partial charge in [0.15, 0.2) is 11.6 Å². The molecule has 0 amide bonds. The Morgan fingerprint density at radius 1 is 1.00 bits per heavy atom. The van der Waals surface area contributed by atoms with Gasteiger partial charge in [-0.1, -0.05) is 6.07 Å². The maximum Gasteiger partial charge on any atom is 0.387 e. The number of aryl methyl sites for hydroxylation is 1. The molecule has 0 bridgehead atoms. The summed E-state index contributed by atoms with van der Waals surface area (Å²) in [7, 11) is 0. The van der Waals surface area contributed by atoms with Crippen LogP contribution in [-0.4, -0.2) is 6.61 Å². The van der Waals surface area contributed by atoms with Gasteiger partial charge in [-0.05, 0) is 36.1 Å². The normalized spacial score (nSPS) is 11.2. The minimum absolute atomic E-state index is 0.0487. The monoisotopic (exact) mass is 244 g/mol. The smallest absolute Gasteiger partial charge is 0.387 e. The number of alkyl halides is 2. The number of hydrogen-bond acceptors (Lipinski definition) is 1. The van der Waals surface area contributed by atoms with Gasteiger partial charge in [0.2, 0.25) is 0 Å². The van der Waals surface area contributed by atoms with E-state index in [-0.39, 0.29) is 5.39 Å². The predicted octanol–water partition coefficient (Wildman–Crippen LogP) is 4.03. The number of halogens is 4. The average molecular weight is 244 g/mol. The van der Waals surface area contributed by atoms with Gasteiger partial charge in [-0.2, -0.15) is 8.78 Å². The Morgan fingerprint density at radius 3 is 2.35 bits per heavy atom. The third kappa shape index (κ3) is 2.33. The fourth-order valence-corrected chi connectivity index (χ4v) is 1.65. The van der Waals surface area contributed by atoms with Gasteiger partial charge in [0.1, 0.15) is 5.82 Å². The lowest BCUT2D eigenvalue weighted by Gasteiger charge is -2.08. The van der Waals surface area contributed by atoms with Crippen molar-refractivity contribution < 1.29 is 22.3 Å². The molecule has 0 unspecified atom stereocenters. The summed E-state index contributed by atoms with van der Waals surface area (Å²) in [4.78, 5) is 0. The lowest BCUT2D eigenvalue weighted by Crippen LogP contribution is -2.03. The Morgan fingerprint density at radius 2 is 1.71 bits per heavy atom. The van der Waals surface area contributed by atoms with E-state index in [1.165, 1.54) is 6.07 Å². The van der Waals surface area contributed by atoms with E-state index in [1.807, 2.05) is 0 Å². The molecule has 0 aliphatic heterocycles. The second kappa shape index (κ2) is 4.24. The summed E-state index contributed by atoms with van der Waals surface area (Å²) in [6.45, 7) is -1.49. The van der Waals surface area contributed by atoms with Crippen molar-refractivity contribution in [3.8, 4) is 5.75 Å². The predicted molar refractivity (Wildman–Crippen MR) is 55.2 cm³/mol. The summed E-state index contributed by atoms with van der Waals surface area (Å²) in [5.41, 5.74) is 0.622. The summed E-state index contributed by atoms with van der Waals surface area (Å²) >= 11 is 0. The molecule has 2 aromatic rings. The second-order valence-electron chi connectivity index (χ2n) is 3.63. The molecule has 0 aliphatic rings. The Labute approximate surface area is 94.6 Å². The molecule has 0 radical (unpaired) electrons. The van der Waals surface area contributed by atoms with E-state index in [4.69, 9.17) is 0 Å². The van der Waals surface area contributed by atoms with Crippen LogP contribution in [0.3, 0.4) is 0 Å². The van der Waals surface area contributed by atoms with Crippen molar-refractivity contribution in [2.75, 3.05) is 0 Å². The molecule has 5 heteroatoms. The zero-order chi connectivity index (χ0) is 12.6. The van der Waals surface area contributed by atoms with Gasteiger partial charge in [-0.15, -0.1) is 0 Å². The molecule has 1 nitrogen and oxygen atoms in total. The molecule has 0 spiro atoms. The van der Waals surface area contributed by atoms with Crippen LogP contribution in [0.5, 0.6) is 5.75 Å². The zero-order valence-electron chi connectivity index (χ0n) is 8.81. The number of ether oxygens (including phenoxy) is 1. The number of rotatable bonds is 2. The van der Waals surface area contributed by atoms with Crippen LogP contribution in [0, 0.1) is 18.6 Å². The third-order valence-electron chi connectivity index (χ3n) is 2.31. The Hall–Kier alpha value is -1.78. The molecule has 0 fully saturated rings. The first-order chi connectivity index (χ1) is 7.97. The highest BCUT2D eigenvalue weighted by molar-refractivity contribution is 5.85. The minimum Gasteiger partial charge on any atom is -0.432 e. The molecule has 2 rings (SSSR count). The maximum absolute atomic E-state index is 13.5. The SMILES string of the molecule is Cc1cc(F)c2cc(OC(F)F)c(F)cc2c1. The molecular weight excluding hydrogens is 236 g/mol. The van der Waals surface area contributed by atoms with Crippen LogP contribution in [-0.2, 0) is 0 Å². The molecule has 0 heterocycles.